The first-order valence-corrected chi connectivity index (χ1v) is 6.76. The van der Waals surface area contributed by atoms with Crippen molar-refractivity contribution in [2.45, 2.75) is 18.9 Å². The highest BCUT2D eigenvalue weighted by molar-refractivity contribution is 6.43. The summed E-state index contributed by atoms with van der Waals surface area (Å²) in [5.41, 5.74) is -0.297. The van der Waals surface area contributed by atoms with Crippen LogP contribution in [-0.2, 0) is 0 Å². The number of amides is 1. The van der Waals surface area contributed by atoms with Crippen LogP contribution in [0.1, 0.15) is 23.2 Å². The standard InChI is InChI=1S/C12H12Cl2N2O4/c13-9-4-7(5-10(11(9)14)16(19)20)12(18)15-3-1-2-8(15)6-17/h4-5,8,17H,1-3,6H2/t8-/m0/s1. The van der Waals surface area contributed by atoms with Crippen LogP contribution in [0.2, 0.25) is 10.0 Å². The zero-order valence-corrected chi connectivity index (χ0v) is 11.9. The first-order chi connectivity index (χ1) is 9.45. The molecule has 6 nitrogen and oxygen atoms in total. The fourth-order valence-corrected chi connectivity index (χ4v) is 2.68. The van der Waals surface area contributed by atoms with Gasteiger partial charge in [-0.1, -0.05) is 23.2 Å². The molecule has 0 unspecified atom stereocenters. The third-order valence-electron chi connectivity index (χ3n) is 3.30. The van der Waals surface area contributed by atoms with Gasteiger partial charge in [0.15, 0.2) is 0 Å². The lowest BCUT2D eigenvalue weighted by Crippen LogP contribution is -2.37. The van der Waals surface area contributed by atoms with Crippen molar-refractivity contribution in [2.24, 2.45) is 0 Å². The number of nitrogens with zero attached hydrogens (tertiary/aromatic N) is 2. The highest BCUT2D eigenvalue weighted by atomic mass is 35.5. The van der Waals surface area contributed by atoms with Gasteiger partial charge in [0.05, 0.1) is 22.6 Å². The minimum Gasteiger partial charge on any atom is -0.394 e. The smallest absolute Gasteiger partial charge is 0.290 e. The Kier molecular flexibility index (Phi) is 4.47. The maximum atomic E-state index is 12.3. The SMILES string of the molecule is O=C(c1cc(Cl)c(Cl)c([N+](=O)[O-])c1)N1CCC[C@H]1CO. The van der Waals surface area contributed by atoms with E-state index in [0.717, 1.165) is 12.5 Å². The lowest BCUT2D eigenvalue weighted by molar-refractivity contribution is -0.384. The Labute approximate surface area is 125 Å². The summed E-state index contributed by atoms with van der Waals surface area (Å²) in [6, 6.07) is 2.17. The van der Waals surface area contributed by atoms with Crippen LogP contribution in [0.15, 0.2) is 12.1 Å². The first kappa shape index (κ1) is 15.0. The number of halogens is 2. The number of hydrogen-bond donors (Lipinski definition) is 1. The Hall–Kier alpha value is -1.37. The van der Waals surface area contributed by atoms with Crippen LogP contribution >= 0.6 is 23.2 Å². The van der Waals surface area contributed by atoms with Crippen LogP contribution in [-0.4, -0.2) is 40.0 Å². The summed E-state index contributed by atoms with van der Waals surface area (Å²) in [6.07, 6.45) is 1.51. The summed E-state index contributed by atoms with van der Waals surface area (Å²) < 4.78 is 0. The number of carbonyl (C=O) groups is 1. The molecular weight excluding hydrogens is 307 g/mol. The molecule has 0 spiro atoms. The molecule has 0 bridgehead atoms. The van der Waals surface area contributed by atoms with Gasteiger partial charge in [0.2, 0.25) is 0 Å². The maximum absolute atomic E-state index is 12.3. The van der Waals surface area contributed by atoms with Crippen molar-refractivity contribution in [3.63, 3.8) is 0 Å². The molecular formula is C12H12Cl2N2O4. The average molecular weight is 319 g/mol. The summed E-state index contributed by atoms with van der Waals surface area (Å²) in [5.74, 6) is -0.386. The van der Waals surface area contributed by atoms with Crippen molar-refractivity contribution in [3.05, 3.63) is 37.9 Å². The lowest BCUT2D eigenvalue weighted by atomic mass is 10.1. The monoisotopic (exact) mass is 318 g/mol. The van der Waals surface area contributed by atoms with Gasteiger partial charge in [0.25, 0.3) is 11.6 Å². The highest BCUT2D eigenvalue weighted by Gasteiger charge is 2.30. The quantitative estimate of drug-likeness (QED) is 0.685. The van der Waals surface area contributed by atoms with Crippen molar-refractivity contribution >= 4 is 34.8 Å². The van der Waals surface area contributed by atoms with E-state index < -0.39 is 10.6 Å². The fraction of sp³-hybridized carbons (Fsp3) is 0.417. The van der Waals surface area contributed by atoms with Crippen LogP contribution in [0.5, 0.6) is 0 Å². The van der Waals surface area contributed by atoms with Gasteiger partial charge < -0.3 is 10.0 Å². The molecule has 1 atom stereocenters. The fourth-order valence-electron chi connectivity index (χ4n) is 2.29. The predicted molar refractivity (Wildman–Crippen MR) is 74.3 cm³/mol. The normalized spacial score (nSPS) is 18.4. The molecule has 108 valence electrons. The molecule has 1 fully saturated rings. The number of carbonyl (C=O) groups excluding carboxylic acids is 1. The molecule has 0 aliphatic carbocycles. The molecule has 1 saturated heterocycles. The number of aliphatic hydroxyl groups excluding tert-OH is 1. The predicted octanol–water partition coefficient (Wildman–Crippen LogP) is 2.50. The van der Waals surface area contributed by atoms with Crippen molar-refractivity contribution in [2.75, 3.05) is 13.2 Å². The van der Waals surface area contributed by atoms with Crippen molar-refractivity contribution in [1.82, 2.24) is 4.90 Å². The number of benzene rings is 1. The molecule has 1 aromatic carbocycles. The summed E-state index contributed by atoms with van der Waals surface area (Å²) in [4.78, 5) is 24.1. The van der Waals surface area contributed by atoms with E-state index in [0.29, 0.717) is 13.0 Å². The molecule has 2 rings (SSSR count). The van der Waals surface area contributed by atoms with E-state index in [1.54, 1.807) is 0 Å². The molecule has 0 saturated carbocycles. The van der Waals surface area contributed by atoms with Crippen LogP contribution in [0.25, 0.3) is 0 Å². The van der Waals surface area contributed by atoms with Gasteiger partial charge in [-0.2, -0.15) is 0 Å². The number of likely N-dealkylation sites (tertiary alicyclic amines) is 1. The lowest BCUT2D eigenvalue weighted by Gasteiger charge is -2.23. The zero-order chi connectivity index (χ0) is 14.9. The second-order valence-corrected chi connectivity index (χ2v) is 5.31. The van der Waals surface area contributed by atoms with Gasteiger partial charge in [-0.05, 0) is 18.9 Å². The van der Waals surface area contributed by atoms with Gasteiger partial charge in [-0.25, -0.2) is 0 Å². The van der Waals surface area contributed by atoms with E-state index in [9.17, 15) is 20.0 Å². The molecule has 0 radical (unpaired) electrons. The third kappa shape index (κ3) is 2.72. The van der Waals surface area contributed by atoms with E-state index in [2.05, 4.69) is 0 Å². The molecule has 1 aromatic rings. The summed E-state index contributed by atoms with van der Waals surface area (Å²) in [7, 11) is 0. The summed E-state index contributed by atoms with van der Waals surface area (Å²) in [6.45, 7) is 0.382. The largest absolute Gasteiger partial charge is 0.394 e. The molecule has 8 heteroatoms. The summed E-state index contributed by atoms with van der Waals surface area (Å²) in [5, 5.41) is 19.9. The second kappa shape index (κ2) is 5.95. The average Bonchev–Trinajstić information content (AvgIpc) is 2.88. The van der Waals surface area contributed by atoms with E-state index in [-0.39, 0.29) is 34.2 Å². The van der Waals surface area contributed by atoms with E-state index in [4.69, 9.17) is 23.2 Å². The number of hydrogen-bond acceptors (Lipinski definition) is 4. The third-order valence-corrected chi connectivity index (χ3v) is 4.09. The molecule has 1 N–H and O–H groups in total. The Morgan fingerprint density at radius 2 is 2.20 bits per heavy atom. The van der Waals surface area contributed by atoms with Crippen molar-refractivity contribution in [1.29, 1.82) is 0 Å². The van der Waals surface area contributed by atoms with Crippen molar-refractivity contribution < 1.29 is 14.8 Å². The number of nitro groups is 1. The summed E-state index contributed by atoms with van der Waals surface area (Å²) >= 11 is 11.6. The molecule has 0 aromatic heterocycles. The van der Waals surface area contributed by atoms with Crippen LogP contribution in [0.3, 0.4) is 0 Å². The van der Waals surface area contributed by atoms with Crippen LogP contribution < -0.4 is 0 Å². The molecule has 1 amide bonds. The Bertz CT molecular complexity index is 565. The van der Waals surface area contributed by atoms with Crippen molar-refractivity contribution in [3.8, 4) is 0 Å². The minimum absolute atomic E-state index is 0.0380. The molecule has 20 heavy (non-hydrogen) atoms. The van der Waals surface area contributed by atoms with Gasteiger partial charge in [-0.15, -0.1) is 0 Å². The molecule has 1 heterocycles. The van der Waals surface area contributed by atoms with E-state index in [1.165, 1.54) is 11.0 Å². The maximum Gasteiger partial charge on any atom is 0.290 e. The number of rotatable bonds is 3. The van der Waals surface area contributed by atoms with Gasteiger partial charge in [-0.3, -0.25) is 14.9 Å². The molecule has 1 aliphatic rings. The van der Waals surface area contributed by atoms with Gasteiger partial charge in [0.1, 0.15) is 5.02 Å². The Balaban J connectivity index is 2.37. The van der Waals surface area contributed by atoms with E-state index in [1.807, 2.05) is 0 Å². The van der Waals surface area contributed by atoms with Crippen LogP contribution in [0.4, 0.5) is 5.69 Å². The minimum atomic E-state index is -0.682. The Morgan fingerprint density at radius 3 is 2.80 bits per heavy atom. The Morgan fingerprint density at radius 1 is 1.50 bits per heavy atom. The first-order valence-electron chi connectivity index (χ1n) is 6.01. The van der Waals surface area contributed by atoms with E-state index >= 15 is 0 Å². The second-order valence-electron chi connectivity index (χ2n) is 4.53. The zero-order valence-electron chi connectivity index (χ0n) is 10.4. The van der Waals surface area contributed by atoms with Crippen LogP contribution in [0, 0.1) is 10.1 Å². The highest BCUT2D eigenvalue weighted by Crippen LogP contribution is 2.34. The van der Waals surface area contributed by atoms with Gasteiger partial charge in [0, 0.05) is 18.2 Å². The van der Waals surface area contributed by atoms with Gasteiger partial charge >= 0.3 is 0 Å². The topological polar surface area (TPSA) is 83.7 Å². The number of nitro benzene ring substituents is 1. The molecule has 1 aliphatic heterocycles. The number of aliphatic hydroxyl groups is 1.